The molecule has 26 heavy (non-hydrogen) atoms. The monoisotopic (exact) mass is 349 g/mol. The van der Waals surface area contributed by atoms with Gasteiger partial charge in [0.25, 0.3) is 0 Å². The third-order valence-electron chi connectivity index (χ3n) is 5.30. The minimum atomic E-state index is -0.231. The molecule has 1 aliphatic rings. The predicted octanol–water partition coefficient (Wildman–Crippen LogP) is 2.60. The molecule has 1 atom stereocenters. The molecule has 2 aromatic heterocycles. The summed E-state index contributed by atoms with van der Waals surface area (Å²) >= 11 is 0. The molecule has 3 N–H and O–H groups in total. The van der Waals surface area contributed by atoms with E-state index in [0.717, 1.165) is 41.3 Å². The van der Waals surface area contributed by atoms with Crippen LogP contribution < -0.4 is 5.32 Å². The third kappa shape index (κ3) is 3.63. The fourth-order valence-electron chi connectivity index (χ4n) is 3.78. The zero-order valence-corrected chi connectivity index (χ0v) is 14.6. The molecule has 1 fully saturated rings. The number of carbonyl (C=O) groups excluding carboxylic acids is 1. The Labute approximate surface area is 152 Å². The van der Waals surface area contributed by atoms with Gasteiger partial charge in [0.2, 0.25) is 5.91 Å². The second kappa shape index (κ2) is 7.30. The van der Waals surface area contributed by atoms with Gasteiger partial charge in [0, 0.05) is 35.5 Å². The summed E-state index contributed by atoms with van der Waals surface area (Å²) in [6, 6.07) is 12.0. The minimum Gasteiger partial charge on any atom is -0.393 e. The molecule has 0 aliphatic heterocycles. The van der Waals surface area contributed by atoms with Crippen molar-refractivity contribution in [2.24, 2.45) is 5.92 Å². The van der Waals surface area contributed by atoms with E-state index in [9.17, 15) is 9.90 Å². The summed E-state index contributed by atoms with van der Waals surface area (Å²) in [7, 11) is 0. The van der Waals surface area contributed by atoms with Crippen LogP contribution in [-0.2, 0) is 17.6 Å². The maximum Gasteiger partial charge on any atom is 0.224 e. The van der Waals surface area contributed by atoms with E-state index in [0.29, 0.717) is 12.3 Å². The molecule has 0 bridgehead atoms. The lowest BCUT2D eigenvalue weighted by Gasteiger charge is -2.38. The van der Waals surface area contributed by atoms with Crippen LogP contribution in [0.4, 0.5) is 0 Å². The SMILES string of the molecule is O=C(Cc1c[nH]c2ccccc12)NC(Cc1ccncc1)C1CC(O)C1. The van der Waals surface area contributed by atoms with Crippen LogP contribution in [0.3, 0.4) is 0 Å². The molecule has 1 unspecified atom stereocenters. The van der Waals surface area contributed by atoms with E-state index in [1.54, 1.807) is 12.4 Å². The van der Waals surface area contributed by atoms with E-state index in [4.69, 9.17) is 0 Å². The number of benzene rings is 1. The van der Waals surface area contributed by atoms with Gasteiger partial charge in [-0.3, -0.25) is 9.78 Å². The fraction of sp³-hybridized carbons (Fsp3) is 0.333. The van der Waals surface area contributed by atoms with Crippen molar-refractivity contribution >= 4 is 16.8 Å². The van der Waals surface area contributed by atoms with Gasteiger partial charge in [-0.2, -0.15) is 0 Å². The van der Waals surface area contributed by atoms with Crippen LogP contribution in [0.15, 0.2) is 55.0 Å². The molecule has 5 heteroatoms. The second-order valence-electron chi connectivity index (χ2n) is 7.16. The molecule has 1 aliphatic carbocycles. The zero-order valence-electron chi connectivity index (χ0n) is 14.6. The van der Waals surface area contributed by atoms with Crippen molar-refractivity contribution in [1.29, 1.82) is 0 Å². The van der Waals surface area contributed by atoms with Crippen LogP contribution in [0.25, 0.3) is 10.9 Å². The number of para-hydroxylation sites is 1. The summed E-state index contributed by atoms with van der Waals surface area (Å²) in [6.07, 6.45) is 7.85. The number of aromatic amines is 1. The molecule has 2 heterocycles. The summed E-state index contributed by atoms with van der Waals surface area (Å²) in [5, 5.41) is 14.0. The number of carbonyl (C=O) groups is 1. The van der Waals surface area contributed by atoms with E-state index in [2.05, 4.69) is 15.3 Å². The highest BCUT2D eigenvalue weighted by Gasteiger charge is 2.34. The van der Waals surface area contributed by atoms with Crippen LogP contribution in [0.1, 0.15) is 24.0 Å². The highest BCUT2D eigenvalue weighted by atomic mass is 16.3. The van der Waals surface area contributed by atoms with Crippen LogP contribution in [-0.4, -0.2) is 33.1 Å². The number of amides is 1. The average Bonchev–Trinajstić information content (AvgIpc) is 3.02. The van der Waals surface area contributed by atoms with Gasteiger partial charge in [-0.05, 0) is 54.5 Å². The van der Waals surface area contributed by atoms with Crippen molar-refractivity contribution in [1.82, 2.24) is 15.3 Å². The van der Waals surface area contributed by atoms with Gasteiger partial charge in [-0.1, -0.05) is 18.2 Å². The first-order valence-electron chi connectivity index (χ1n) is 9.10. The first-order chi connectivity index (χ1) is 12.7. The third-order valence-corrected chi connectivity index (χ3v) is 5.30. The molecule has 4 rings (SSSR count). The number of fused-ring (bicyclic) bond motifs is 1. The lowest BCUT2D eigenvalue weighted by molar-refractivity contribution is -0.122. The van der Waals surface area contributed by atoms with Crippen molar-refractivity contribution < 1.29 is 9.90 Å². The Morgan fingerprint density at radius 2 is 2.00 bits per heavy atom. The predicted molar refractivity (Wildman–Crippen MR) is 101 cm³/mol. The number of nitrogens with one attached hydrogen (secondary N) is 2. The number of aliphatic hydroxyl groups excluding tert-OH is 1. The number of hydrogen-bond donors (Lipinski definition) is 3. The number of pyridine rings is 1. The van der Waals surface area contributed by atoms with Crippen molar-refractivity contribution in [2.75, 3.05) is 0 Å². The Balaban J connectivity index is 1.45. The molecule has 0 radical (unpaired) electrons. The maximum absolute atomic E-state index is 12.7. The van der Waals surface area contributed by atoms with Gasteiger partial charge in [0.05, 0.1) is 12.5 Å². The van der Waals surface area contributed by atoms with Gasteiger partial charge < -0.3 is 15.4 Å². The topological polar surface area (TPSA) is 78.0 Å². The van der Waals surface area contributed by atoms with E-state index < -0.39 is 0 Å². The Kier molecular flexibility index (Phi) is 4.71. The fourth-order valence-corrected chi connectivity index (χ4v) is 3.78. The molecule has 1 aromatic carbocycles. The highest BCUT2D eigenvalue weighted by Crippen LogP contribution is 2.32. The zero-order chi connectivity index (χ0) is 17.9. The first kappa shape index (κ1) is 16.8. The number of rotatable bonds is 6. The van der Waals surface area contributed by atoms with Crippen molar-refractivity contribution in [2.45, 2.75) is 37.8 Å². The lowest BCUT2D eigenvalue weighted by Crippen LogP contribution is -2.48. The standard InChI is InChI=1S/C21H23N3O2/c25-17-10-15(11-17)20(9-14-5-7-22-8-6-14)24-21(26)12-16-13-23-19-4-2-1-3-18(16)19/h1-8,13,15,17,20,23,25H,9-12H2,(H,24,26). The summed E-state index contributed by atoms with van der Waals surface area (Å²) in [5.74, 6) is 0.347. The van der Waals surface area contributed by atoms with Crippen molar-refractivity contribution in [3.8, 4) is 0 Å². The largest absolute Gasteiger partial charge is 0.393 e. The van der Waals surface area contributed by atoms with E-state index in [1.807, 2.05) is 42.6 Å². The molecular formula is C21H23N3O2. The molecule has 5 nitrogen and oxygen atoms in total. The lowest BCUT2D eigenvalue weighted by atomic mass is 9.75. The van der Waals surface area contributed by atoms with Crippen LogP contribution in [0.2, 0.25) is 0 Å². The van der Waals surface area contributed by atoms with Crippen molar-refractivity contribution in [3.05, 3.63) is 66.1 Å². The molecule has 0 saturated heterocycles. The van der Waals surface area contributed by atoms with Crippen LogP contribution in [0, 0.1) is 5.92 Å². The highest BCUT2D eigenvalue weighted by molar-refractivity contribution is 5.88. The minimum absolute atomic E-state index is 0.0233. The molecule has 1 amide bonds. The van der Waals surface area contributed by atoms with Gasteiger partial charge in [-0.15, -0.1) is 0 Å². The molecule has 0 spiro atoms. The second-order valence-corrected chi connectivity index (χ2v) is 7.16. The van der Waals surface area contributed by atoms with E-state index in [-0.39, 0.29) is 18.1 Å². The molecule has 1 saturated carbocycles. The number of H-pyrrole nitrogens is 1. The van der Waals surface area contributed by atoms with E-state index in [1.165, 1.54) is 0 Å². The Bertz CT molecular complexity index is 884. The Hall–Kier alpha value is -2.66. The maximum atomic E-state index is 12.7. The van der Waals surface area contributed by atoms with Crippen LogP contribution >= 0.6 is 0 Å². The van der Waals surface area contributed by atoms with Gasteiger partial charge in [-0.25, -0.2) is 0 Å². The van der Waals surface area contributed by atoms with E-state index >= 15 is 0 Å². The number of nitrogens with zero attached hydrogens (tertiary/aromatic N) is 1. The summed E-state index contributed by atoms with van der Waals surface area (Å²) in [4.78, 5) is 20.0. The van der Waals surface area contributed by atoms with Gasteiger partial charge >= 0.3 is 0 Å². The smallest absolute Gasteiger partial charge is 0.224 e. The first-order valence-corrected chi connectivity index (χ1v) is 9.10. The number of aromatic nitrogens is 2. The molecular weight excluding hydrogens is 326 g/mol. The van der Waals surface area contributed by atoms with Crippen LogP contribution in [0.5, 0.6) is 0 Å². The molecule has 134 valence electrons. The summed E-state index contributed by atoms with van der Waals surface area (Å²) in [6.45, 7) is 0. The normalized spacial score (nSPS) is 20.5. The summed E-state index contributed by atoms with van der Waals surface area (Å²) < 4.78 is 0. The van der Waals surface area contributed by atoms with Gasteiger partial charge in [0.1, 0.15) is 0 Å². The Morgan fingerprint density at radius 3 is 2.77 bits per heavy atom. The molecule has 3 aromatic rings. The average molecular weight is 349 g/mol. The summed E-state index contributed by atoms with van der Waals surface area (Å²) in [5.41, 5.74) is 3.21. The number of aliphatic hydroxyl groups is 1. The Morgan fingerprint density at radius 1 is 1.23 bits per heavy atom. The van der Waals surface area contributed by atoms with Gasteiger partial charge in [0.15, 0.2) is 0 Å². The quantitative estimate of drug-likeness (QED) is 0.640. The van der Waals surface area contributed by atoms with Crippen molar-refractivity contribution in [3.63, 3.8) is 0 Å². The number of hydrogen-bond acceptors (Lipinski definition) is 3.